The lowest BCUT2D eigenvalue weighted by molar-refractivity contribution is -0.137. The van der Waals surface area contributed by atoms with Gasteiger partial charge in [0.2, 0.25) is 0 Å². The van der Waals surface area contributed by atoms with Crippen molar-refractivity contribution in [1.29, 1.82) is 0 Å². The lowest BCUT2D eigenvalue weighted by Gasteiger charge is -2.37. The van der Waals surface area contributed by atoms with E-state index >= 15 is 0 Å². The molecule has 1 saturated heterocycles. The standard InChI is InChI=1S/C21H20F3N3OS/c22-21(23,24)16-4-3-5-17(12-16)26-8-10-27(11-9-26)20(29)25-13-15-14-28-19-7-2-1-6-18(15)19/h1-7,12-13H,8-11,14H2,(H,25,29)/b15-13-. The molecule has 1 fully saturated rings. The molecule has 2 aliphatic heterocycles. The van der Waals surface area contributed by atoms with Crippen molar-refractivity contribution in [2.75, 3.05) is 37.7 Å². The van der Waals surface area contributed by atoms with Crippen molar-refractivity contribution in [2.45, 2.75) is 6.18 Å². The van der Waals surface area contributed by atoms with Gasteiger partial charge in [0.15, 0.2) is 5.11 Å². The Balaban J connectivity index is 1.34. The largest absolute Gasteiger partial charge is 0.488 e. The normalized spacial score (nSPS) is 17.8. The highest BCUT2D eigenvalue weighted by Crippen LogP contribution is 2.33. The van der Waals surface area contributed by atoms with E-state index in [2.05, 4.69) is 5.32 Å². The zero-order valence-electron chi connectivity index (χ0n) is 15.6. The van der Waals surface area contributed by atoms with Gasteiger partial charge in [-0.3, -0.25) is 0 Å². The number of nitrogens with zero attached hydrogens (tertiary/aromatic N) is 2. The summed E-state index contributed by atoms with van der Waals surface area (Å²) in [5.41, 5.74) is 2.04. The van der Waals surface area contributed by atoms with Gasteiger partial charge in [-0.25, -0.2) is 0 Å². The zero-order valence-corrected chi connectivity index (χ0v) is 16.4. The molecule has 8 heteroatoms. The quantitative estimate of drug-likeness (QED) is 0.739. The van der Waals surface area contributed by atoms with Crippen LogP contribution in [0.5, 0.6) is 5.75 Å². The molecule has 4 nitrogen and oxygen atoms in total. The molecule has 2 aliphatic rings. The number of benzene rings is 2. The number of anilines is 1. The van der Waals surface area contributed by atoms with E-state index in [1.54, 1.807) is 6.07 Å². The van der Waals surface area contributed by atoms with E-state index in [0.29, 0.717) is 43.6 Å². The smallest absolute Gasteiger partial charge is 0.416 e. The van der Waals surface area contributed by atoms with E-state index in [-0.39, 0.29) is 0 Å². The summed E-state index contributed by atoms with van der Waals surface area (Å²) in [6.45, 7) is 2.98. The first-order valence-corrected chi connectivity index (χ1v) is 9.71. The molecule has 0 saturated carbocycles. The third kappa shape index (κ3) is 4.32. The Hall–Kier alpha value is -2.74. The lowest BCUT2D eigenvalue weighted by atomic mass is 10.1. The van der Waals surface area contributed by atoms with Gasteiger partial charge >= 0.3 is 6.18 Å². The second kappa shape index (κ2) is 7.94. The van der Waals surface area contributed by atoms with Crippen molar-refractivity contribution in [1.82, 2.24) is 10.2 Å². The zero-order chi connectivity index (χ0) is 20.4. The summed E-state index contributed by atoms with van der Waals surface area (Å²) in [6, 6.07) is 13.3. The summed E-state index contributed by atoms with van der Waals surface area (Å²) in [4.78, 5) is 3.98. The van der Waals surface area contributed by atoms with Gasteiger partial charge in [0.1, 0.15) is 12.4 Å². The van der Waals surface area contributed by atoms with Crippen LogP contribution < -0.4 is 15.0 Å². The minimum atomic E-state index is -4.33. The minimum absolute atomic E-state index is 0.498. The molecule has 2 heterocycles. The highest BCUT2D eigenvalue weighted by atomic mass is 32.1. The predicted molar refractivity (Wildman–Crippen MR) is 111 cm³/mol. The molecular formula is C21H20F3N3OS. The average Bonchev–Trinajstić information content (AvgIpc) is 3.15. The molecule has 0 atom stereocenters. The molecule has 0 radical (unpaired) electrons. The van der Waals surface area contributed by atoms with E-state index in [4.69, 9.17) is 17.0 Å². The summed E-state index contributed by atoms with van der Waals surface area (Å²) in [7, 11) is 0. The molecule has 4 rings (SSSR count). The Morgan fingerprint density at radius 1 is 1.03 bits per heavy atom. The van der Waals surface area contributed by atoms with Crippen molar-refractivity contribution in [3.63, 3.8) is 0 Å². The molecule has 0 unspecified atom stereocenters. The second-order valence-corrected chi connectivity index (χ2v) is 7.31. The summed E-state index contributed by atoms with van der Waals surface area (Å²) in [6.07, 6.45) is -2.47. The van der Waals surface area contributed by atoms with E-state index < -0.39 is 11.7 Å². The number of hydrogen-bond acceptors (Lipinski definition) is 3. The Morgan fingerprint density at radius 3 is 2.55 bits per heavy atom. The molecule has 0 amide bonds. The molecule has 2 aromatic carbocycles. The third-order valence-electron chi connectivity index (χ3n) is 5.09. The van der Waals surface area contributed by atoms with Gasteiger partial charge in [0.05, 0.1) is 5.56 Å². The number of halogens is 3. The number of piperazine rings is 1. The molecule has 0 aliphatic carbocycles. The molecule has 1 N–H and O–H groups in total. The first kappa shape index (κ1) is 19.6. The number of alkyl halides is 3. The SMILES string of the molecule is FC(F)(F)c1cccc(N2CCN(C(=S)N/C=C3/COc4ccccc43)CC2)c1. The maximum atomic E-state index is 12.9. The highest BCUT2D eigenvalue weighted by Gasteiger charge is 2.31. The van der Waals surface area contributed by atoms with Gasteiger partial charge in [-0.05, 0) is 36.5 Å². The van der Waals surface area contributed by atoms with Gasteiger partial charge in [0, 0.05) is 49.2 Å². The van der Waals surface area contributed by atoms with Gasteiger partial charge in [-0.2, -0.15) is 13.2 Å². The summed E-state index contributed by atoms with van der Waals surface area (Å²) in [5, 5.41) is 3.77. The van der Waals surface area contributed by atoms with Crippen LogP contribution in [-0.4, -0.2) is 42.8 Å². The van der Waals surface area contributed by atoms with Crippen LogP contribution in [0.1, 0.15) is 11.1 Å². The highest BCUT2D eigenvalue weighted by molar-refractivity contribution is 7.80. The lowest BCUT2D eigenvalue weighted by Crippen LogP contribution is -2.51. The van der Waals surface area contributed by atoms with Crippen molar-refractivity contribution < 1.29 is 17.9 Å². The first-order valence-electron chi connectivity index (χ1n) is 9.31. The minimum Gasteiger partial charge on any atom is -0.488 e. The van der Waals surface area contributed by atoms with E-state index in [1.165, 1.54) is 12.1 Å². The van der Waals surface area contributed by atoms with E-state index in [1.807, 2.05) is 40.3 Å². The molecule has 152 valence electrons. The Morgan fingerprint density at radius 2 is 1.79 bits per heavy atom. The number of nitrogens with one attached hydrogen (secondary N) is 1. The van der Waals surface area contributed by atoms with Crippen LogP contribution in [0.15, 0.2) is 54.7 Å². The molecule has 0 aromatic heterocycles. The van der Waals surface area contributed by atoms with Gasteiger partial charge in [-0.15, -0.1) is 0 Å². The maximum Gasteiger partial charge on any atom is 0.416 e. The number of para-hydroxylation sites is 1. The van der Waals surface area contributed by atoms with Crippen LogP contribution in [0.25, 0.3) is 5.57 Å². The van der Waals surface area contributed by atoms with Crippen LogP contribution in [0, 0.1) is 0 Å². The number of fused-ring (bicyclic) bond motifs is 1. The van der Waals surface area contributed by atoms with Crippen LogP contribution in [0.4, 0.5) is 18.9 Å². The summed E-state index contributed by atoms with van der Waals surface area (Å²) >= 11 is 5.49. The molecular weight excluding hydrogens is 399 g/mol. The third-order valence-corrected chi connectivity index (χ3v) is 5.47. The fourth-order valence-electron chi connectivity index (χ4n) is 3.50. The molecule has 2 aromatic rings. The van der Waals surface area contributed by atoms with Crippen LogP contribution in [-0.2, 0) is 6.18 Å². The number of ether oxygens (including phenoxy) is 1. The van der Waals surface area contributed by atoms with Crippen molar-refractivity contribution >= 4 is 28.6 Å². The maximum absolute atomic E-state index is 12.9. The summed E-state index contributed by atoms with van der Waals surface area (Å²) in [5.74, 6) is 0.862. The summed E-state index contributed by atoms with van der Waals surface area (Å²) < 4.78 is 44.5. The Labute approximate surface area is 172 Å². The Kier molecular flexibility index (Phi) is 5.36. The second-order valence-electron chi connectivity index (χ2n) is 6.93. The number of rotatable bonds is 2. The van der Waals surface area contributed by atoms with Crippen LogP contribution in [0.2, 0.25) is 0 Å². The number of thiocarbonyl (C=S) groups is 1. The molecule has 0 spiro atoms. The van der Waals surface area contributed by atoms with Gasteiger partial charge in [0.25, 0.3) is 0 Å². The molecule has 29 heavy (non-hydrogen) atoms. The Bertz CT molecular complexity index is 937. The van der Waals surface area contributed by atoms with Crippen LogP contribution >= 0.6 is 12.2 Å². The van der Waals surface area contributed by atoms with Crippen LogP contribution in [0.3, 0.4) is 0 Å². The van der Waals surface area contributed by atoms with Crippen molar-refractivity contribution in [2.24, 2.45) is 0 Å². The van der Waals surface area contributed by atoms with Gasteiger partial charge in [-0.1, -0.05) is 24.3 Å². The van der Waals surface area contributed by atoms with E-state index in [0.717, 1.165) is 23.0 Å². The monoisotopic (exact) mass is 419 g/mol. The van der Waals surface area contributed by atoms with E-state index in [9.17, 15) is 13.2 Å². The van der Waals surface area contributed by atoms with Gasteiger partial charge < -0.3 is 19.9 Å². The first-order chi connectivity index (χ1) is 13.9. The average molecular weight is 419 g/mol. The number of hydrogen-bond donors (Lipinski definition) is 1. The predicted octanol–water partition coefficient (Wildman–Crippen LogP) is 4.14. The fraction of sp³-hybridized carbons (Fsp3) is 0.286. The van der Waals surface area contributed by atoms with Crippen molar-refractivity contribution in [3.8, 4) is 5.75 Å². The molecule has 0 bridgehead atoms. The van der Waals surface area contributed by atoms with Crippen molar-refractivity contribution in [3.05, 3.63) is 65.9 Å². The fourth-order valence-corrected chi connectivity index (χ4v) is 3.74. The topological polar surface area (TPSA) is 27.7 Å².